The Kier molecular flexibility index (Phi) is 13.1. The summed E-state index contributed by atoms with van der Waals surface area (Å²) in [6, 6.07) is 42.6. The zero-order valence-corrected chi connectivity index (χ0v) is 36.8. The molecule has 5 N–H and O–H groups in total. The van der Waals surface area contributed by atoms with Crippen molar-refractivity contribution in [2.75, 3.05) is 32.8 Å². The maximum absolute atomic E-state index is 14.1. The molecule has 1 amide bonds. The van der Waals surface area contributed by atoms with Crippen molar-refractivity contribution < 1.29 is 29.6 Å². The number of aliphatic hydroxyl groups excluding tert-OH is 1. The van der Waals surface area contributed by atoms with E-state index >= 15 is 0 Å². The minimum absolute atomic E-state index is 0.0539. The Labute approximate surface area is 381 Å². The minimum Gasteiger partial charge on any atom is -0.506 e. The maximum Gasteiger partial charge on any atom is 0.347 e. The van der Waals surface area contributed by atoms with E-state index in [2.05, 4.69) is 45.5 Å². The van der Waals surface area contributed by atoms with Crippen LogP contribution in [-0.2, 0) is 41.2 Å². The van der Waals surface area contributed by atoms with Gasteiger partial charge in [0, 0.05) is 65.1 Å². The molecule has 2 aromatic heterocycles. The number of rotatable bonds is 14. The number of H-pyrrole nitrogens is 1. The third kappa shape index (κ3) is 9.68. The highest BCUT2D eigenvalue weighted by atomic mass is 32.1. The first-order valence-electron chi connectivity index (χ1n) is 22.2. The second-order valence-electron chi connectivity index (χ2n) is 17.1. The average Bonchev–Trinajstić information content (AvgIpc) is 3.78. The number of carbonyl (C=O) groups is 2. The number of hydrogen-bond donors (Lipinski definition) is 5. The number of amides is 1. The van der Waals surface area contributed by atoms with Crippen LogP contribution in [-0.4, -0.2) is 74.8 Å². The third-order valence-electron chi connectivity index (χ3n) is 12.7. The summed E-state index contributed by atoms with van der Waals surface area (Å²) in [4.78, 5) is 48.8. The number of aromatic hydroxyl groups is 1. The number of likely N-dealkylation sites (tertiary alicyclic amines) is 1. The van der Waals surface area contributed by atoms with Crippen LogP contribution in [0.3, 0.4) is 0 Å². The largest absolute Gasteiger partial charge is 0.506 e. The van der Waals surface area contributed by atoms with Crippen molar-refractivity contribution >= 4 is 34.1 Å². The molecule has 0 aliphatic carbocycles. The summed E-state index contributed by atoms with van der Waals surface area (Å²) in [6.07, 6.45) is 1.66. The second-order valence-corrected chi connectivity index (χ2v) is 18.3. The van der Waals surface area contributed by atoms with Crippen LogP contribution in [0.25, 0.3) is 21.3 Å². The monoisotopic (exact) mass is 888 g/mol. The molecule has 65 heavy (non-hydrogen) atoms. The summed E-state index contributed by atoms with van der Waals surface area (Å²) in [5.41, 5.74) is 4.18. The fraction of sp³-hybridized carbons (Fsp3) is 0.264. The number of hydrogen-bond acceptors (Lipinski definition) is 10. The van der Waals surface area contributed by atoms with Crippen LogP contribution in [0, 0.1) is 5.92 Å². The molecule has 2 atom stereocenters. The highest BCUT2D eigenvalue weighted by Gasteiger charge is 2.42. The fourth-order valence-corrected chi connectivity index (χ4v) is 10.2. The number of aromatic nitrogens is 1. The Morgan fingerprint density at radius 2 is 1.57 bits per heavy atom. The number of benzene rings is 5. The van der Waals surface area contributed by atoms with Gasteiger partial charge in [-0.15, -0.1) is 11.3 Å². The summed E-state index contributed by atoms with van der Waals surface area (Å²) in [5, 5.41) is 37.4. The number of esters is 1. The number of aliphatic hydroxyl groups is 2. The van der Waals surface area contributed by atoms with Crippen molar-refractivity contribution in [3.05, 3.63) is 194 Å². The highest BCUT2D eigenvalue weighted by Crippen LogP contribution is 2.39. The Bertz CT molecular complexity index is 2840. The van der Waals surface area contributed by atoms with E-state index in [4.69, 9.17) is 4.74 Å². The lowest BCUT2D eigenvalue weighted by Gasteiger charge is -2.33. The van der Waals surface area contributed by atoms with Gasteiger partial charge >= 0.3 is 5.97 Å². The molecule has 12 heteroatoms. The van der Waals surface area contributed by atoms with Crippen molar-refractivity contribution in [1.82, 2.24) is 20.1 Å². The Balaban J connectivity index is 0.820. The SMILES string of the molecule is O=C(c1ccc(CNC[C@H](O)c2ccc(O)c3[nH]c(=O)ccc23)cc1)N1CCc2sc(-c3cccc(C(O)(C(=O)OCC4CCN(Cc5ccccc5)CC4)c4ccccc4)c3)cc2C1. The second kappa shape index (κ2) is 19.4. The number of phenolic OH excluding ortho intramolecular Hbond substituents is 1. The fourth-order valence-electron chi connectivity index (χ4n) is 9.04. The van der Waals surface area contributed by atoms with Gasteiger partial charge in [-0.1, -0.05) is 97.1 Å². The molecule has 7 aromatic rings. The first-order valence-corrected chi connectivity index (χ1v) is 23.0. The standard InChI is InChI=1S/C53H52N4O7S/c58-45-20-18-43(44-19-21-49(60)55-50(44)45)46(59)31-54-30-35-14-16-38(17-15-35)51(61)57-27-24-47-40(33-57)29-48(65-47)39-10-7-13-42(28-39)53(63,41-11-5-2-6-12-41)52(62)64-34-37-22-25-56(26-23-37)32-36-8-3-1-4-9-36/h1-21,28-29,37,46,54,58-59,63H,22-27,30-34H2,(H,55,60)/t46-,53?/m0/s1. The summed E-state index contributed by atoms with van der Waals surface area (Å²) in [5.74, 6) is -0.585. The number of fused-ring (bicyclic) bond motifs is 2. The number of phenols is 1. The van der Waals surface area contributed by atoms with E-state index in [1.807, 2.05) is 71.6 Å². The third-order valence-corrected chi connectivity index (χ3v) is 14.0. The summed E-state index contributed by atoms with van der Waals surface area (Å²) in [6.45, 7) is 4.75. The lowest BCUT2D eigenvalue weighted by molar-refractivity contribution is -0.164. The van der Waals surface area contributed by atoms with Crippen LogP contribution < -0.4 is 10.9 Å². The van der Waals surface area contributed by atoms with Gasteiger partial charge < -0.3 is 35.3 Å². The summed E-state index contributed by atoms with van der Waals surface area (Å²) >= 11 is 1.67. The predicted molar refractivity (Wildman–Crippen MR) is 252 cm³/mol. The van der Waals surface area contributed by atoms with Crippen LogP contribution in [0.2, 0.25) is 0 Å². The molecule has 1 saturated heterocycles. The van der Waals surface area contributed by atoms with Crippen molar-refractivity contribution in [1.29, 1.82) is 0 Å². The normalized spacial score (nSPS) is 15.9. The number of piperidine rings is 1. The van der Waals surface area contributed by atoms with E-state index in [-0.39, 0.29) is 41.8 Å². The number of pyridine rings is 1. The van der Waals surface area contributed by atoms with Crippen LogP contribution in [0.4, 0.5) is 0 Å². The molecular formula is C53H52N4O7S. The molecule has 0 bridgehead atoms. The number of thiophene rings is 1. The summed E-state index contributed by atoms with van der Waals surface area (Å²) in [7, 11) is 0. The van der Waals surface area contributed by atoms with Crippen LogP contribution in [0.1, 0.15) is 67.6 Å². The molecule has 1 fully saturated rings. The molecule has 1 unspecified atom stereocenters. The number of nitrogens with one attached hydrogen (secondary N) is 2. The van der Waals surface area contributed by atoms with E-state index in [1.165, 1.54) is 22.6 Å². The predicted octanol–water partition coefficient (Wildman–Crippen LogP) is 7.68. The quantitative estimate of drug-likeness (QED) is 0.0692. The van der Waals surface area contributed by atoms with E-state index in [0.717, 1.165) is 54.0 Å². The number of aromatic amines is 1. The van der Waals surface area contributed by atoms with Crippen LogP contribution in [0.5, 0.6) is 5.75 Å². The van der Waals surface area contributed by atoms with Crippen molar-refractivity contribution in [2.45, 2.75) is 50.6 Å². The van der Waals surface area contributed by atoms with Gasteiger partial charge in [-0.05, 0) is 108 Å². The maximum atomic E-state index is 14.1. The smallest absolute Gasteiger partial charge is 0.347 e. The van der Waals surface area contributed by atoms with Gasteiger partial charge in [0.2, 0.25) is 11.2 Å². The van der Waals surface area contributed by atoms with E-state index in [1.54, 1.807) is 41.7 Å². The molecule has 11 nitrogen and oxygen atoms in total. The molecular weight excluding hydrogens is 837 g/mol. The Hall–Kier alpha value is -6.41. The molecule has 2 aliphatic rings. The van der Waals surface area contributed by atoms with Gasteiger partial charge in [-0.2, -0.15) is 0 Å². The van der Waals surface area contributed by atoms with Crippen LogP contribution in [0.15, 0.2) is 144 Å². The molecule has 5 aromatic carbocycles. The molecule has 0 radical (unpaired) electrons. The van der Waals surface area contributed by atoms with E-state index in [9.17, 15) is 29.7 Å². The Morgan fingerprint density at radius 3 is 2.34 bits per heavy atom. The molecule has 0 spiro atoms. The zero-order valence-electron chi connectivity index (χ0n) is 36.0. The first-order chi connectivity index (χ1) is 31.6. The molecule has 2 aliphatic heterocycles. The number of nitrogens with zero attached hydrogens (tertiary/aromatic N) is 2. The van der Waals surface area contributed by atoms with Gasteiger partial charge in [0.15, 0.2) is 0 Å². The molecule has 0 saturated carbocycles. The van der Waals surface area contributed by atoms with E-state index < -0.39 is 17.7 Å². The minimum atomic E-state index is -2.01. The number of ether oxygens (including phenoxy) is 1. The number of carbonyl (C=O) groups excluding carboxylic acids is 2. The average molecular weight is 889 g/mol. The topological polar surface area (TPSA) is 155 Å². The van der Waals surface area contributed by atoms with Crippen molar-refractivity contribution in [3.63, 3.8) is 0 Å². The van der Waals surface area contributed by atoms with Gasteiger partial charge in [-0.3, -0.25) is 14.5 Å². The van der Waals surface area contributed by atoms with Crippen LogP contribution >= 0.6 is 11.3 Å². The molecule has 9 rings (SSSR count). The first kappa shape index (κ1) is 43.8. The van der Waals surface area contributed by atoms with Gasteiger partial charge in [0.25, 0.3) is 5.91 Å². The highest BCUT2D eigenvalue weighted by molar-refractivity contribution is 7.15. The molecule has 4 heterocycles. The van der Waals surface area contributed by atoms with Crippen molar-refractivity contribution in [3.8, 4) is 16.2 Å². The van der Waals surface area contributed by atoms with Crippen molar-refractivity contribution in [2.24, 2.45) is 5.92 Å². The van der Waals surface area contributed by atoms with Gasteiger partial charge in [0.05, 0.1) is 18.2 Å². The van der Waals surface area contributed by atoms with Gasteiger partial charge in [0.1, 0.15) is 5.75 Å². The lowest BCUT2D eigenvalue weighted by Crippen LogP contribution is -2.40. The Morgan fingerprint density at radius 1 is 0.831 bits per heavy atom. The summed E-state index contributed by atoms with van der Waals surface area (Å²) < 4.78 is 5.99. The van der Waals surface area contributed by atoms with E-state index in [0.29, 0.717) is 53.7 Å². The van der Waals surface area contributed by atoms with Gasteiger partial charge in [-0.25, -0.2) is 4.79 Å². The molecule has 332 valence electrons. The lowest BCUT2D eigenvalue weighted by atomic mass is 9.85. The zero-order chi connectivity index (χ0) is 44.9.